The largest absolute Gasteiger partial charge is 0.339 e. The van der Waals surface area contributed by atoms with Gasteiger partial charge in [-0.2, -0.15) is 5.10 Å². The number of hydrogen-bond acceptors (Lipinski definition) is 5. The lowest BCUT2D eigenvalue weighted by Crippen LogP contribution is -2.46. The van der Waals surface area contributed by atoms with Crippen LogP contribution in [0.2, 0.25) is 0 Å². The van der Waals surface area contributed by atoms with Crippen molar-refractivity contribution in [2.75, 3.05) is 25.5 Å². The zero-order chi connectivity index (χ0) is 16.9. The standard InChI is InChI=1S/C18H23N5O.ClH/c1-13-8-9-17(22-21-13)20-15-6-3-5-14(11-15)18(24)23-10-4-7-16(12-23)19-2;/h3,5-6,8-9,11,16,19H,4,7,10,12H2,1-2H3,(H,20,22);1H. The second-order valence-corrected chi connectivity index (χ2v) is 6.14. The Morgan fingerprint density at radius 3 is 2.80 bits per heavy atom. The Balaban J connectivity index is 0.00000225. The summed E-state index contributed by atoms with van der Waals surface area (Å²) in [7, 11) is 1.95. The van der Waals surface area contributed by atoms with E-state index in [0.29, 0.717) is 17.4 Å². The smallest absolute Gasteiger partial charge is 0.253 e. The summed E-state index contributed by atoms with van der Waals surface area (Å²) in [4.78, 5) is 14.7. The SMILES string of the molecule is CNC1CCCN(C(=O)c2cccc(Nc3ccc(C)nn3)c2)C1.Cl. The van der Waals surface area contributed by atoms with E-state index in [2.05, 4.69) is 20.8 Å². The molecule has 1 aliphatic heterocycles. The molecule has 0 saturated carbocycles. The number of anilines is 2. The third-order valence-electron chi connectivity index (χ3n) is 4.30. The summed E-state index contributed by atoms with van der Waals surface area (Å²) < 4.78 is 0. The van der Waals surface area contributed by atoms with E-state index in [1.165, 1.54) is 0 Å². The van der Waals surface area contributed by atoms with Gasteiger partial charge in [0.25, 0.3) is 5.91 Å². The van der Waals surface area contributed by atoms with Crippen molar-refractivity contribution in [3.8, 4) is 0 Å². The third kappa shape index (κ3) is 4.90. The van der Waals surface area contributed by atoms with Crippen LogP contribution in [0.3, 0.4) is 0 Å². The molecule has 0 aliphatic carbocycles. The Morgan fingerprint density at radius 1 is 1.24 bits per heavy atom. The summed E-state index contributed by atoms with van der Waals surface area (Å²) in [6, 6.07) is 11.7. The maximum Gasteiger partial charge on any atom is 0.253 e. The van der Waals surface area contributed by atoms with Gasteiger partial charge in [0.05, 0.1) is 5.69 Å². The summed E-state index contributed by atoms with van der Waals surface area (Å²) in [5, 5.41) is 14.6. The molecule has 134 valence electrons. The van der Waals surface area contributed by atoms with Crippen LogP contribution in [0, 0.1) is 6.92 Å². The van der Waals surface area contributed by atoms with Gasteiger partial charge in [0.15, 0.2) is 5.82 Å². The van der Waals surface area contributed by atoms with Gasteiger partial charge in [-0.05, 0) is 57.1 Å². The van der Waals surface area contributed by atoms with Crippen molar-refractivity contribution in [3.63, 3.8) is 0 Å². The molecule has 1 aliphatic rings. The third-order valence-corrected chi connectivity index (χ3v) is 4.30. The minimum absolute atomic E-state index is 0. The average Bonchev–Trinajstić information content (AvgIpc) is 2.63. The first-order valence-electron chi connectivity index (χ1n) is 8.29. The Labute approximate surface area is 154 Å². The van der Waals surface area contributed by atoms with Crippen molar-refractivity contribution in [3.05, 3.63) is 47.7 Å². The number of halogens is 1. The lowest BCUT2D eigenvalue weighted by molar-refractivity contribution is 0.0698. The fourth-order valence-corrected chi connectivity index (χ4v) is 2.92. The van der Waals surface area contributed by atoms with E-state index < -0.39 is 0 Å². The lowest BCUT2D eigenvalue weighted by atomic mass is 10.0. The predicted molar refractivity (Wildman–Crippen MR) is 102 cm³/mol. The van der Waals surface area contributed by atoms with Crippen LogP contribution >= 0.6 is 12.4 Å². The predicted octanol–water partition coefficient (Wildman–Crippen LogP) is 2.77. The van der Waals surface area contributed by atoms with Gasteiger partial charge in [0.2, 0.25) is 0 Å². The number of aromatic nitrogens is 2. The fourth-order valence-electron chi connectivity index (χ4n) is 2.92. The number of likely N-dealkylation sites (tertiary alicyclic amines) is 1. The highest BCUT2D eigenvalue weighted by Crippen LogP contribution is 2.19. The monoisotopic (exact) mass is 361 g/mol. The van der Waals surface area contributed by atoms with Gasteiger partial charge in [0.1, 0.15) is 0 Å². The van der Waals surface area contributed by atoms with E-state index in [1.807, 2.05) is 55.3 Å². The van der Waals surface area contributed by atoms with Gasteiger partial charge >= 0.3 is 0 Å². The zero-order valence-corrected chi connectivity index (χ0v) is 15.3. The number of nitrogens with one attached hydrogen (secondary N) is 2. The van der Waals surface area contributed by atoms with E-state index in [9.17, 15) is 4.79 Å². The van der Waals surface area contributed by atoms with Gasteiger partial charge in [-0.1, -0.05) is 6.07 Å². The second kappa shape index (κ2) is 8.78. The minimum Gasteiger partial charge on any atom is -0.339 e. The first-order chi connectivity index (χ1) is 11.7. The van der Waals surface area contributed by atoms with E-state index in [0.717, 1.165) is 37.3 Å². The number of rotatable bonds is 4. The number of carbonyl (C=O) groups excluding carboxylic acids is 1. The van der Waals surface area contributed by atoms with E-state index in [1.54, 1.807) is 0 Å². The van der Waals surface area contributed by atoms with Crippen LogP contribution in [0.15, 0.2) is 36.4 Å². The topological polar surface area (TPSA) is 70.2 Å². The van der Waals surface area contributed by atoms with Crippen molar-refractivity contribution in [2.24, 2.45) is 0 Å². The first-order valence-corrected chi connectivity index (χ1v) is 8.29. The van der Waals surface area contributed by atoms with Crippen molar-refractivity contribution in [2.45, 2.75) is 25.8 Å². The van der Waals surface area contributed by atoms with Crippen LogP contribution in [-0.2, 0) is 0 Å². The molecular weight excluding hydrogens is 338 g/mol. The molecule has 1 fully saturated rings. The summed E-state index contributed by atoms with van der Waals surface area (Å²) in [5.41, 5.74) is 2.40. The lowest BCUT2D eigenvalue weighted by Gasteiger charge is -2.32. The second-order valence-electron chi connectivity index (χ2n) is 6.14. The molecule has 1 unspecified atom stereocenters. The van der Waals surface area contributed by atoms with Gasteiger partial charge in [-0.3, -0.25) is 4.79 Å². The molecule has 1 amide bonds. The molecule has 1 aromatic heterocycles. The Kier molecular flexibility index (Phi) is 6.73. The zero-order valence-electron chi connectivity index (χ0n) is 14.5. The van der Waals surface area contributed by atoms with Crippen LogP contribution in [0.4, 0.5) is 11.5 Å². The molecule has 0 radical (unpaired) electrons. The number of aryl methyl sites for hydroxylation is 1. The maximum atomic E-state index is 12.8. The van der Waals surface area contributed by atoms with Crippen molar-refractivity contribution in [1.29, 1.82) is 0 Å². The van der Waals surface area contributed by atoms with E-state index in [-0.39, 0.29) is 18.3 Å². The number of carbonyl (C=O) groups is 1. The summed E-state index contributed by atoms with van der Waals surface area (Å²) in [6.45, 7) is 3.47. The highest BCUT2D eigenvalue weighted by molar-refractivity contribution is 5.95. The molecule has 2 heterocycles. The molecule has 2 N–H and O–H groups in total. The van der Waals surface area contributed by atoms with Gasteiger partial charge in [-0.25, -0.2) is 0 Å². The number of likely N-dealkylation sites (N-methyl/N-ethyl adjacent to an activating group) is 1. The van der Waals surface area contributed by atoms with Gasteiger partial charge in [-0.15, -0.1) is 17.5 Å². The molecule has 6 nitrogen and oxygen atoms in total. The van der Waals surface area contributed by atoms with Crippen LogP contribution in [0.25, 0.3) is 0 Å². The molecule has 7 heteroatoms. The van der Waals surface area contributed by atoms with Crippen molar-refractivity contribution in [1.82, 2.24) is 20.4 Å². The molecule has 2 aromatic rings. The average molecular weight is 362 g/mol. The highest BCUT2D eigenvalue weighted by atomic mass is 35.5. The van der Waals surface area contributed by atoms with Crippen LogP contribution in [-0.4, -0.2) is 47.2 Å². The van der Waals surface area contributed by atoms with Gasteiger partial charge < -0.3 is 15.5 Å². The number of benzene rings is 1. The van der Waals surface area contributed by atoms with Crippen LogP contribution < -0.4 is 10.6 Å². The Bertz CT molecular complexity index is 707. The summed E-state index contributed by atoms with van der Waals surface area (Å²) in [5.74, 6) is 0.743. The quantitative estimate of drug-likeness (QED) is 0.876. The van der Waals surface area contributed by atoms with E-state index >= 15 is 0 Å². The van der Waals surface area contributed by atoms with Crippen molar-refractivity contribution < 1.29 is 4.79 Å². The number of hydrogen-bond donors (Lipinski definition) is 2. The molecular formula is C18H24ClN5O. The first kappa shape index (κ1) is 19.1. The van der Waals surface area contributed by atoms with Crippen molar-refractivity contribution >= 4 is 29.8 Å². The molecule has 25 heavy (non-hydrogen) atoms. The molecule has 3 rings (SSSR count). The molecule has 1 aromatic carbocycles. The summed E-state index contributed by atoms with van der Waals surface area (Å²) >= 11 is 0. The molecule has 0 spiro atoms. The summed E-state index contributed by atoms with van der Waals surface area (Å²) in [6.07, 6.45) is 2.15. The molecule has 1 atom stereocenters. The number of nitrogens with zero attached hydrogens (tertiary/aromatic N) is 3. The normalized spacial score (nSPS) is 16.9. The number of piperidine rings is 1. The fraction of sp³-hybridized carbons (Fsp3) is 0.389. The minimum atomic E-state index is 0. The van der Waals surface area contributed by atoms with E-state index in [4.69, 9.17) is 0 Å². The maximum absolute atomic E-state index is 12.8. The Hall–Kier alpha value is -2.18. The highest BCUT2D eigenvalue weighted by Gasteiger charge is 2.23. The van der Waals surface area contributed by atoms with Crippen LogP contribution in [0.1, 0.15) is 28.9 Å². The molecule has 0 bridgehead atoms. The number of amides is 1. The van der Waals surface area contributed by atoms with Gasteiger partial charge in [0, 0.05) is 30.4 Å². The Morgan fingerprint density at radius 2 is 2.08 bits per heavy atom. The van der Waals surface area contributed by atoms with Crippen LogP contribution in [0.5, 0.6) is 0 Å². The molecule has 1 saturated heterocycles.